The highest BCUT2D eigenvalue weighted by molar-refractivity contribution is 6.31. The number of benzene rings is 3. The number of aromatic nitrogens is 1. The first kappa shape index (κ1) is 24.9. The molecule has 2 heterocycles. The van der Waals surface area contributed by atoms with Crippen molar-refractivity contribution in [3.63, 3.8) is 0 Å². The molecular weight excluding hydrogens is 489 g/mol. The Morgan fingerprint density at radius 2 is 1.64 bits per heavy atom. The van der Waals surface area contributed by atoms with Crippen molar-refractivity contribution in [1.82, 2.24) is 14.4 Å². The van der Waals surface area contributed by atoms with E-state index in [4.69, 9.17) is 23.2 Å². The Hall–Kier alpha value is -2.79. The van der Waals surface area contributed by atoms with Gasteiger partial charge in [0.05, 0.1) is 5.69 Å². The number of hydrogen-bond acceptors (Lipinski definition) is 2. The molecule has 0 bridgehead atoms. The summed E-state index contributed by atoms with van der Waals surface area (Å²) in [6.45, 7) is 2.42. The largest absolute Gasteiger partial charge is 0.343 e. The Bertz CT molecular complexity index is 1360. The lowest BCUT2D eigenvalue weighted by Crippen LogP contribution is -2.54. The molecule has 4 aromatic rings. The number of hydrogen-bond donors (Lipinski definition) is 0. The molecule has 1 atom stereocenters. The zero-order valence-electron chi connectivity index (χ0n) is 20.8. The molecule has 1 aliphatic rings. The standard InChI is InChI=1S/C30H31Cl2N3O/c1-33-16-17-35(20-25(33)18-21-6-4-3-5-7-21)29(36)15-13-26-27-19-24(32)12-14-28(27)34(2)30(26)22-8-10-23(31)11-9-22/h3-12,14,19,25H,13,15-18,20H2,1-2H3/t25-/m0/s1. The van der Waals surface area contributed by atoms with Crippen LogP contribution in [0.5, 0.6) is 0 Å². The van der Waals surface area contributed by atoms with Crippen molar-refractivity contribution < 1.29 is 4.79 Å². The first-order chi connectivity index (χ1) is 17.4. The summed E-state index contributed by atoms with van der Waals surface area (Å²) in [6.07, 6.45) is 2.07. The molecule has 0 spiro atoms. The molecule has 186 valence electrons. The van der Waals surface area contributed by atoms with Crippen molar-refractivity contribution in [2.24, 2.45) is 7.05 Å². The molecule has 0 N–H and O–H groups in total. The number of fused-ring (bicyclic) bond motifs is 1. The molecule has 1 saturated heterocycles. The Morgan fingerprint density at radius 3 is 2.39 bits per heavy atom. The Labute approximate surface area is 223 Å². The van der Waals surface area contributed by atoms with Crippen LogP contribution in [0, 0.1) is 0 Å². The third-order valence-corrected chi connectivity index (χ3v) is 7.90. The molecule has 0 unspecified atom stereocenters. The summed E-state index contributed by atoms with van der Waals surface area (Å²) < 4.78 is 2.19. The number of nitrogens with zero attached hydrogens (tertiary/aromatic N) is 3. The number of likely N-dealkylation sites (N-methyl/N-ethyl adjacent to an activating group) is 1. The minimum Gasteiger partial charge on any atom is -0.343 e. The highest BCUT2D eigenvalue weighted by Crippen LogP contribution is 2.36. The first-order valence-electron chi connectivity index (χ1n) is 12.5. The molecule has 0 aliphatic carbocycles. The molecule has 1 aromatic heterocycles. The second-order valence-corrected chi connectivity index (χ2v) is 10.6. The van der Waals surface area contributed by atoms with Crippen molar-refractivity contribution in [1.29, 1.82) is 0 Å². The van der Waals surface area contributed by atoms with Gasteiger partial charge < -0.3 is 9.47 Å². The number of aryl methyl sites for hydroxylation is 2. The number of carbonyl (C=O) groups is 1. The maximum absolute atomic E-state index is 13.4. The number of carbonyl (C=O) groups excluding carboxylic acids is 1. The number of piperazine rings is 1. The van der Waals surface area contributed by atoms with Gasteiger partial charge in [0.1, 0.15) is 0 Å². The lowest BCUT2D eigenvalue weighted by molar-refractivity contribution is -0.133. The summed E-state index contributed by atoms with van der Waals surface area (Å²) in [5, 5.41) is 2.51. The molecule has 1 amide bonds. The molecular formula is C30H31Cl2N3O. The second-order valence-electron chi connectivity index (χ2n) is 9.72. The van der Waals surface area contributed by atoms with E-state index < -0.39 is 0 Å². The Balaban J connectivity index is 1.37. The predicted molar refractivity (Wildman–Crippen MR) is 150 cm³/mol. The van der Waals surface area contributed by atoms with Crippen LogP contribution in [0.25, 0.3) is 22.2 Å². The fourth-order valence-corrected chi connectivity index (χ4v) is 5.69. The molecule has 5 rings (SSSR count). The molecule has 0 radical (unpaired) electrons. The van der Waals surface area contributed by atoms with Crippen molar-refractivity contribution in [2.45, 2.75) is 25.3 Å². The van der Waals surface area contributed by atoms with E-state index in [0.29, 0.717) is 28.9 Å². The molecule has 0 saturated carbocycles. The quantitative estimate of drug-likeness (QED) is 0.292. The topological polar surface area (TPSA) is 28.5 Å². The molecule has 3 aromatic carbocycles. The van der Waals surface area contributed by atoms with Crippen LogP contribution in [0.1, 0.15) is 17.5 Å². The van der Waals surface area contributed by atoms with Crippen LogP contribution in [0.4, 0.5) is 0 Å². The van der Waals surface area contributed by atoms with Crippen LogP contribution >= 0.6 is 23.2 Å². The van der Waals surface area contributed by atoms with Gasteiger partial charge in [0.25, 0.3) is 0 Å². The van der Waals surface area contributed by atoms with E-state index >= 15 is 0 Å². The van der Waals surface area contributed by atoms with E-state index in [1.54, 1.807) is 0 Å². The molecule has 1 aliphatic heterocycles. The summed E-state index contributed by atoms with van der Waals surface area (Å²) in [6, 6.07) is 24.7. The molecule has 36 heavy (non-hydrogen) atoms. The Kier molecular flexibility index (Phi) is 7.38. The highest BCUT2D eigenvalue weighted by atomic mass is 35.5. The van der Waals surface area contributed by atoms with Gasteiger partial charge in [-0.2, -0.15) is 0 Å². The van der Waals surface area contributed by atoms with Gasteiger partial charge in [-0.1, -0.05) is 65.7 Å². The predicted octanol–water partition coefficient (Wildman–Crippen LogP) is 6.47. The van der Waals surface area contributed by atoms with Crippen LogP contribution in [0.3, 0.4) is 0 Å². The highest BCUT2D eigenvalue weighted by Gasteiger charge is 2.28. The average molecular weight is 521 g/mol. The maximum atomic E-state index is 13.4. The van der Waals surface area contributed by atoms with E-state index in [-0.39, 0.29) is 5.91 Å². The molecule has 4 nitrogen and oxygen atoms in total. The van der Waals surface area contributed by atoms with Crippen molar-refractivity contribution >= 4 is 40.0 Å². The number of amides is 1. The second kappa shape index (κ2) is 10.7. The smallest absolute Gasteiger partial charge is 0.223 e. The van der Waals surface area contributed by atoms with E-state index in [1.165, 1.54) is 5.56 Å². The van der Waals surface area contributed by atoms with Crippen molar-refractivity contribution in [3.05, 3.63) is 94.0 Å². The summed E-state index contributed by atoms with van der Waals surface area (Å²) in [7, 11) is 4.23. The molecule has 1 fully saturated rings. The fourth-order valence-electron chi connectivity index (χ4n) is 5.39. The lowest BCUT2D eigenvalue weighted by Gasteiger charge is -2.39. The van der Waals surface area contributed by atoms with Gasteiger partial charge in [-0.15, -0.1) is 0 Å². The summed E-state index contributed by atoms with van der Waals surface area (Å²) in [4.78, 5) is 17.9. The van der Waals surface area contributed by atoms with E-state index in [2.05, 4.69) is 53.9 Å². The van der Waals surface area contributed by atoms with Gasteiger partial charge in [0.15, 0.2) is 0 Å². The van der Waals surface area contributed by atoms with Crippen LogP contribution in [0.15, 0.2) is 72.8 Å². The van der Waals surface area contributed by atoms with Crippen molar-refractivity contribution in [2.75, 3.05) is 26.7 Å². The van der Waals surface area contributed by atoms with E-state index in [0.717, 1.165) is 53.8 Å². The SMILES string of the molecule is CN1CCN(C(=O)CCc2c(-c3ccc(Cl)cc3)n(C)c3ccc(Cl)cc23)C[C@@H]1Cc1ccccc1. The monoisotopic (exact) mass is 519 g/mol. The molecule has 6 heteroatoms. The minimum atomic E-state index is 0.210. The summed E-state index contributed by atoms with van der Waals surface area (Å²) in [5.41, 5.74) is 5.76. The van der Waals surface area contributed by atoms with Gasteiger partial charge in [0.2, 0.25) is 5.91 Å². The van der Waals surface area contributed by atoms with E-state index in [1.807, 2.05) is 47.4 Å². The van der Waals surface area contributed by atoms with Crippen molar-refractivity contribution in [3.8, 4) is 11.3 Å². The average Bonchev–Trinajstić information content (AvgIpc) is 3.15. The zero-order chi connectivity index (χ0) is 25.2. The van der Waals surface area contributed by atoms with Gasteiger partial charge >= 0.3 is 0 Å². The van der Waals surface area contributed by atoms with Crippen LogP contribution < -0.4 is 0 Å². The third-order valence-electron chi connectivity index (χ3n) is 7.42. The zero-order valence-corrected chi connectivity index (χ0v) is 22.3. The lowest BCUT2D eigenvalue weighted by atomic mass is 9.99. The van der Waals surface area contributed by atoms with Gasteiger partial charge in [0, 0.05) is 60.1 Å². The fraction of sp³-hybridized carbons (Fsp3) is 0.300. The van der Waals surface area contributed by atoms with Crippen LogP contribution in [0.2, 0.25) is 10.0 Å². The third kappa shape index (κ3) is 5.17. The number of rotatable bonds is 6. The van der Waals surface area contributed by atoms with Gasteiger partial charge in [-0.3, -0.25) is 9.69 Å². The van der Waals surface area contributed by atoms with E-state index in [9.17, 15) is 4.79 Å². The van der Waals surface area contributed by atoms with Crippen LogP contribution in [-0.2, 0) is 24.7 Å². The summed E-state index contributed by atoms with van der Waals surface area (Å²) in [5.74, 6) is 0.210. The normalized spacial score (nSPS) is 16.6. The number of halogens is 2. The van der Waals surface area contributed by atoms with Gasteiger partial charge in [-0.25, -0.2) is 0 Å². The minimum absolute atomic E-state index is 0.210. The maximum Gasteiger partial charge on any atom is 0.223 e. The van der Waals surface area contributed by atoms with Gasteiger partial charge in [-0.05, 0) is 66.9 Å². The first-order valence-corrected chi connectivity index (χ1v) is 13.2. The summed E-state index contributed by atoms with van der Waals surface area (Å²) >= 11 is 12.6. The van der Waals surface area contributed by atoms with Crippen LogP contribution in [-0.4, -0.2) is 53.0 Å². The Morgan fingerprint density at radius 1 is 0.917 bits per heavy atom.